The Balaban J connectivity index is 0.000000381. The van der Waals surface area contributed by atoms with Crippen LogP contribution in [0.15, 0.2) is 24.3 Å². The first-order valence-electron chi connectivity index (χ1n) is 8.75. The Labute approximate surface area is 150 Å². The Kier molecular flexibility index (Phi) is 8.86. The van der Waals surface area contributed by atoms with E-state index in [0.29, 0.717) is 23.7 Å². The molecule has 6 nitrogen and oxygen atoms in total. The molecule has 0 aromatic heterocycles. The zero-order chi connectivity index (χ0) is 18.9. The van der Waals surface area contributed by atoms with Gasteiger partial charge in [-0.25, -0.2) is 9.59 Å². The second-order valence-electron chi connectivity index (χ2n) is 6.71. The SMILES string of the molecule is C=C(C)C(=O)OC.C=C(C)C(=O)OCCC1CCCC2(C1)NCCO2. The average Bonchev–Trinajstić information content (AvgIpc) is 3.02. The highest BCUT2D eigenvalue weighted by molar-refractivity contribution is 5.87. The van der Waals surface area contributed by atoms with Crippen molar-refractivity contribution in [3.8, 4) is 0 Å². The highest BCUT2D eigenvalue weighted by Gasteiger charge is 2.39. The van der Waals surface area contributed by atoms with Gasteiger partial charge in [-0.2, -0.15) is 0 Å². The van der Waals surface area contributed by atoms with Crippen LogP contribution in [0.2, 0.25) is 0 Å². The third-order valence-electron chi connectivity index (χ3n) is 4.38. The van der Waals surface area contributed by atoms with Crippen LogP contribution in [-0.2, 0) is 23.8 Å². The molecule has 1 saturated carbocycles. The first-order valence-corrected chi connectivity index (χ1v) is 8.75. The van der Waals surface area contributed by atoms with Crippen LogP contribution in [0.25, 0.3) is 0 Å². The number of hydrogen-bond donors (Lipinski definition) is 1. The Hall–Kier alpha value is -1.66. The smallest absolute Gasteiger partial charge is 0.333 e. The van der Waals surface area contributed by atoms with Crippen LogP contribution in [0.5, 0.6) is 0 Å². The number of rotatable bonds is 5. The lowest BCUT2D eigenvalue weighted by Crippen LogP contribution is -2.45. The molecule has 2 aliphatic rings. The number of esters is 2. The van der Waals surface area contributed by atoms with Gasteiger partial charge in [0, 0.05) is 17.7 Å². The Morgan fingerprint density at radius 1 is 1.24 bits per heavy atom. The van der Waals surface area contributed by atoms with Crippen LogP contribution < -0.4 is 5.32 Å². The van der Waals surface area contributed by atoms with Crippen LogP contribution in [0.3, 0.4) is 0 Å². The second kappa shape index (κ2) is 10.4. The summed E-state index contributed by atoms with van der Waals surface area (Å²) in [5.74, 6) is -0.0435. The minimum absolute atomic E-state index is 0.0821. The van der Waals surface area contributed by atoms with E-state index in [4.69, 9.17) is 9.47 Å². The molecule has 0 aromatic carbocycles. The van der Waals surface area contributed by atoms with E-state index in [1.807, 2.05) is 0 Å². The van der Waals surface area contributed by atoms with Gasteiger partial charge in [0.25, 0.3) is 0 Å². The minimum Gasteiger partial charge on any atom is -0.466 e. The largest absolute Gasteiger partial charge is 0.466 e. The van der Waals surface area contributed by atoms with Crippen LogP contribution in [-0.4, -0.2) is 44.5 Å². The normalized spacial score (nSPS) is 24.8. The quantitative estimate of drug-likeness (QED) is 0.605. The lowest BCUT2D eigenvalue weighted by atomic mass is 9.81. The number of ether oxygens (including phenoxy) is 3. The molecule has 0 radical (unpaired) electrons. The van der Waals surface area contributed by atoms with Gasteiger partial charge in [-0.1, -0.05) is 19.6 Å². The summed E-state index contributed by atoms with van der Waals surface area (Å²) in [4.78, 5) is 21.5. The average molecular weight is 353 g/mol. The maximum atomic E-state index is 11.3. The van der Waals surface area contributed by atoms with E-state index in [9.17, 15) is 9.59 Å². The number of nitrogens with one attached hydrogen (secondary N) is 1. The molecule has 6 heteroatoms. The summed E-state index contributed by atoms with van der Waals surface area (Å²) in [6, 6.07) is 0. The minimum atomic E-state index is -0.347. The Morgan fingerprint density at radius 2 is 1.92 bits per heavy atom. The molecule has 142 valence electrons. The molecule has 1 saturated heterocycles. The molecule has 0 bridgehead atoms. The molecule has 25 heavy (non-hydrogen) atoms. The molecule has 0 aromatic rings. The molecule has 2 unspecified atom stereocenters. The molecule has 1 N–H and O–H groups in total. The summed E-state index contributed by atoms with van der Waals surface area (Å²) in [6.07, 6.45) is 5.46. The summed E-state index contributed by atoms with van der Waals surface area (Å²) in [5, 5.41) is 3.48. The van der Waals surface area contributed by atoms with Crippen molar-refractivity contribution in [2.75, 3.05) is 26.9 Å². The van der Waals surface area contributed by atoms with Gasteiger partial charge in [0.1, 0.15) is 5.72 Å². The summed E-state index contributed by atoms with van der Waals surface area (Å²) in [7, 11) is 1.33. The second-order valence-corrected chi connectivity index (χ2v) is 6.71. The number of carbonyl (C=O) groups excluding carboxylic acids is 2. The van der Waals surface area contributed by atoms with Gasteiger partial charge >= 0.3 is 11.9 Å². The van der Waals surface area contributed by atoms with Crippen molar-refractivity contribution >= 4 is 11.9 Å². The fraction of sp³-hybridized carbons (Fsp3) is 0.684. The van der Waals surface area contributed by atoms with Gasteiger partial charge in [-0.3, -0.25) is 5.32 Å². The lowest BCUT2D eigenvalue weighted by Gasteiger charge is -2.37. The van der Waals surface area contributed by atoms with Gasteiger partial charge in [-0.05, 0) is 45.4 Å². The van der Waals surface area contributed by atoms with Crippen molar-refractivity contribution in [3.05, 3.63) is 24.3 Å². The molecule has 2 atom stereocenters. The highest BCUT2D eigenvalue weighted by atomic mass is 16.5. The van der Waals surface area contributed by atoms with E-state index in [1.165, 1.54) is 20.0 Å². The third kappa shape index (κ3) is 7.40. The zero-order valence-corrected chi connectivity index (χ0v) is 15.7. The predicted octanol–water partition coefficient (Wildman–Crippen LogP) is 2.74. The molecular weight excluding hydrogens is 322 g/mol. The predicted molar refractivity (Wildman–Crippen MR) is 95.9 cm³/mol. The monoisotopic (exact) mass is 353 g/mol. The van der Waals surface area contributed by atoms with Crippen molar-refractivity contribution in [2.45, 2.75) is 51.7 Å². The third-order valence-corrected chi connectivity index (χ3v) is 4.38. The summed E-state index contributed by atoms with van der Waals surface area (Å²) < 4.78 is 15.3. The maximum absolute atomic E-state index is 11.3. The summed E-state index contributed by atoms with van der Waals surface area (Å²) >= 11 is 0. The van der Waals surface area contributed by atoms with Crippen molar-refractivity contribution in [1.29, 1.82) is 0 Å². The van der Waals surface area contributed by atoms with E-state index in [0.717, 1.165) is 32.4 Å². The van der Waals surface area contributed by atoms with Gasteiger partial charge < -0.3 is 14.2 Å². The van der Waals surface area contributed by atoms with Gasteiger partial charge in [0.05, 0.1) is 20.3 Å². The standard InChI is InChI=1S/C14H23NO3.C5H8O2/c1-11(2)13(16)17-8-5-12-4-3-6-14(10-12)15-7-9-18-14;1-4(2)5(6)7-3/h12,15H,1,3-10H2,2H3;1H2,2-3H3. The van der Waals surface area contributed by atoms with E-state index < -0.39 is 0 Å². The molecule has 1 spiro atoms. The van der Waals surface area contributed by atoms with Crippen molar-refractivity contribution < 1.29 is 23.8 Å². The number of carbonyl (C=O) groups is 2. The topological polar surface area (TPSA) is 73.9 Å². The van der Waals surface area contributed by atoms with Crippen LogP contribution in [0.1, 0.15) is 46.0 Å². The highest BCUT2D eigenvalue weighted by Crippen LogP contribution is 2.36. The molecule has 2 fully saturated rings. The Morgan fingerprint density at radius 3 is 2.40 bits per heavy atom. The van der Waals surface area contributed by atoms with Crippen LogP contribution in [0.4, 0.5) is 0 Å². The molecular formula is C19H31NO5. The fourth-order valence-corrected chi connectivity index (χ4v) is 3.08. The van der Waals surface area contributed by atoms with E-state index in [-0.39, 0.29) is 17.7 Å². The molecule has 2 rings (SSSR count). The first-order chi connectivity index (χ1) is 11.8. The van der Waals surface area contributed by atoms with Gasteiger partial charge in [0.15, 0.2) is 0 Å². The molecule has 1 aliphatic heterocycles. The Bertz CT molecular complexity index is 494. The van der Waals surface area contributed by atoms with E-state index in [1.54, 1.807) is 13.8 Å². The molecule has 1 aliphatic carbocycles. The van der Waals surface area contributed by atoms with Crippen LogP contribution in [0, 0.1) is 5.92 Å². The van der Waals surface area contributed by atoms with E-state index >= 15 is 0 Å². The van der Waals surface area contributed by atoms with Crippen LogP contribution >= 0.6 is 0 Å². The van der Waals surface area contributed by atoms with E-state index in [2.05, 4.69) is 23.2 Å². The fourth-order valence-electron chi connectivity index (χ4n) is 3.08. The molecule has 0 amide bonds. The van der Waals surface area contributed by atoms with Gasteiger partial charge in [-0.15, -0.1) is 0 Å². The number of methoxy groups -OCH3 is 1. The molecule has 1 heterocycles. The number of hydrogen-bond acceptors (Lipinski definition) is 6. The van der Waals surface area contributed by atoms with Crippen molar-refractivity contribution in [2.24, 2.45) is 5.92 Å². The first kappa shape index (κ1) is 21.4. The van der Waals surface area contributed by atoms with Gasteiger partial charge in [0.2, 0.25) is 0 Å². The zero-order valence-electron chi connectivity index (χ0n) is 15.7. The van der Waals surface area contributed by atoms with Crippen molar-refractivity contribution in [1.82, 2.24) is 5.32 Å². The summed E-state index contributed by atoms with van der Waals surface area (Å²) in [6.45, 7) is 12.5. The lowest BCUT2D eigenvalue weighted by molar-refractivity contribution is -0.139. The maximum Gasteiger partial charge on any atom is 0.333 e. The van der Waals surface area contributed by atoms with Crippen molar-refractivity contribution in [3.63, 3.8) is 0 Å². The summed E-state index contributed by atoms with van der Waals surface area (Å²) in [5.41, 5.74) is 0.819.